The molecule has 5 nitrogen and oxygen atoms in total. The topological polar surface area (TPSA) is 66.6 Å². The Hall–Kier alpha value is -2.43. The monoisotopic (exact) mass is 288 g/mol. The summed E-state index contributed by atoms with van der Waals surface area (Å²) in [5.41, 5.74) is 6.27. The second kappa shape index (κ2) is 7.38. The predicted octanol–water partition coefficient (Wildman–Crippen LogP) is 3.64. The fraction of sp³-hybridized carbons (Fsp3) is 0.312. The lowest BCUT2D eigenvalue weighted by Crippen LogP contribution is -2.00. The highest BCUT2D eigenvalue weighted by Crippen LogP contribution is 2.27. The summed E-state index contributed by atoms with van der Waals surface area (Å²) in [6.45, 7) is 5.16. The zero-order valence-corrected chi connectivity index (χ0v) is 12.3. The van der Waals surface area contributed by atoms with Crippen LogP contribution in [0.3, 0.4) is 0 Å². The minimum absolute atomic E-state index is 0.387. The molecule has 0 amide bonds. The molecule has 0 saturated heterocycles. The first kappa shape index (κ1) is 15.0. The van der Waals surface area contributed by atoms with E-state index in [1.165, 1.54) is 0 Å². The lowest BCUT2D eigenvalue weighted by molar-refractivity contribution is 0.316. The van der Waals surface area contributed by atoms with E-state index in [9.17, 15) is 0 Å². The van der Waals surface area contributed by atoms with Crippen LogP contribution in [0.25, 0.3) is 0 Å². The Bertz CT molecular complexity index is 570. The first-order valence-corrected chi connectivity index (χ1v) is 7.03. The van der Waals surface area contributed by atoms with Crippen molar-refractivity contribution in [2.24, 2.45) is 0 Å². The molecule has 0 aliphatic carbocycles. The first-order valence-electron chi connectivity index (χ1n) is 7.03. The van der Waals surface area contributed by atoms with Gasteiger partial charge in [0.1, 0.15) is 11.5 Å². The molecule has 0 unspecified atom stereocenters. The van der Waals surface area contributed by atoms with Gasteiger partial charge in [-0.25, -0.2) is 0 Å². The van der Waals surface area contributed by atoms with Gasteiger partial charge in [-0.3, -0.25) is 0 Å². The number of hydrogen-bond donors (Lipinski definition) is 1. The van der Waals surface area contributed by atoms with Gasteiger partial charge in [-0.2, -0.15) is 4.98 Å². The minimum atomic E-state index is 0.387. The van der Waals surface area contributed by atoms with Crippen LogP contribution in [0.5, 0.6) is 23.3 Å². The number of nitrogens with zero attached hydrogens (tertiary/aromatic N) is 1. The van der Waals surface area contributed by atoms with Crippen molar-refractivity contribution < 1.29 is 14.2 Å². The van der Waals surface area contributed by atoms with Crippen LogP contribution in [0.15, 0.2) is 36.4 Å². The van der Waals surface area contributed by atoms with E-state index in [4.69, 9.17) is 19.9 Å². The Morgan fingerprint density at radius 2 is 1.67 bits per heavy atom. The number of nitrogens with two attached hydrogens (primary N) is 1. The quantitative estimate of drug-likeness (QED) is 0.842. The van der Waals surface area contributed by atoms with Crippen LogP contribution in [0.1, 0.15) is 20.3 Å². The lowest BCUT2D eigenvalue weighted by atomic mass is 10.3. The van der Waals surface area contributed by atoms with Crippen molar-refractivity contribution in [3.63, 3.8) is 0 Å². The van der Waals surface area contributed by atoms with Crippen LogP contribution >= 0.6 is 0 Å². The fourth-order valence-electron chi connectivity index (χ4n) is 1.69. The summed E-state index contributed by atoms with van der Waals surface area (Å²) in [5, 5.41) is 0. The second-order valence-corrected chi connectivity index (χ2v) is 4.40. The normalized spacial score (nSPS) is 10.2. The van der Waals surface area contributed by atoms with Crippen LogP contribution < -0.4 is 19.9 Å². The van der Waals surface area contributed by atoms with E-state index >= 15 is 0 Å². The van der Waals surface area contributed by atoms with Gasteiger partial charge in [0.2, 0.25) is 11.8 Å². The fourth-order valence-corrected chi connectivity index (χ4v) is 1.69. The summed E-state index contributed by atoms with van der Waals surface area (Å²) in [6.07, 6.45) is 0.980. The number of pyridine rings is 1. The Labute approximate surface area is 124 Å². The van der Waals surface area contributed by atoms with Crippen molar-refractivity contribution >= 4 is 5.69 Å². The van der Waals surface area contributed by atoms with Crippen molar-refractivity contribution in [1.29, 1.82) is 0 Å². The molecule has 5 heteroatoms. The molecule has 0 fully saturated rings. The molecule has 2 rings (SSSR count). The zero-order chi connectivity index (χ0) is 15.1. The van der Waals surface area contributed by atoms with Crippen molar-refractivity contribution in [1.82, 2.24) is 4.98 Å². The standard InChI is InChI=1S/C16H20N2O3/c1-3-11-20-12-5-7-13(8-6-12)21-15-10-9-14(17)16(18-15)19-4-2/h5-10H,3-4,11,17H2,1-2H3. The number of aromatic nitrogens is 1. The maximum absolute atomic E-state index is 5.78. The Kier molecular flexibility index (Phi) is 5.26. The average molecular weight is 288 g/mol. The molecule has 0 aliphatic rings. The molecule has 0 atom stereocenters. The third-order valence-corrected chi connectivity index (χ3v) is 2.66. The van der Waals surface area contributed by atoms with Crippen LogP contribution in [-0.2, 0) is 0 Å². The molecular formula is C16H20N2O3. The summed E-state index contributed by atoms with van der Waals surface area (Å²) >= 11 is 0. The van der Waals surface area contributed by atoms with E-state index in [-0.39, 0.29) is 0 Å². The second-order valence-electron chi connectivity index (χ2n) is 4.40. The Morgan fingerprint density at radius 3 is 2.33 bits per heavy atom. The van der Waals surface area contributed by atoms with Gasteiger partial charge in [0, 0.05) is 6.07 Å². The van der Waals surface area contributed by atoms with Gasteiger partial charge in [0.25, 0.3) is 0 Å². The highest BCUT2D eigenvalue weighted by Gasteiger charge is 2.06. The van der Waals surface area contributed by atoms with E-state index < -0.39 is 0 Å². The Balaban J connectivity index is 2.05. The number of rotatable bonds is 7. The number of benzene rings is 1. The molecule has 112 valence electrons. The molecule has 1 aromatic carbocycles. The van der Waals surface area contributed by atoms with E-state index in [0.29, 0.717) is 36.4 Å². The van der Waals surface area contributed by atoms with Crippen molar-refractivity contribution in [2.45, 2.75) is 20.3 Å². The maximum atomic E-state index is 5.78. The third kappa shape index (κ3) is 4.27. The van der Waals surface area contributed by atoms with Crippen molar-refractivity contribution in [3.05, 3.63) is 36.4 Å². The third-order valence-electron chi connectivity index (χ3n) is 2.66. The molecule has 0 bridgehead atoms. The summed E-state index contributed by atoms with van der Waals surface area (Å²) in [4.78, 5) is 4.23. The molecule has 21 heavy (non-hydrogen) atoms. The van der Waals surface area contributed by atoms with Crippen molar-refractivity contribution in [2.75, 3.05) is 18.9 Å². The van der Waals surface area contributed by atoms with E-state index in [0.717, 1.165) is 12.2 Å². The summed E-state index contributed by atoms with van der Waals surface area (Å²) < 4.78 is 16.5. The molecule has 1 aromatic heterocycles. The summed E-state index contributed by atoms with van der Waals surface area (Å²) in [7, 11) is 0. The minimum Gasteiger partial charge on any atom is -0.494 e. The number of nitrogen functional groups attached to an aromatic ring is 1. The van der Waals surface area contributed by atoms with Gasteiger partial charge in [0.05, 0.1) is 18.9 Å². The molecule has 1 heterocycles. The maximum Gasteiger partial charge on any atom is 0.240 e. The zero-order valence-electron chi connectivity index (χ0n) is 12.3. The van der Waals surface area contributed by atoms with E-state index in [1.54, 1.807) is 12.1 Å². The SMILES string of the molecule is CCCOc1ccc(Oc2ccc(N)c(OCC)n2)cc1. The predicted molar refractivity (Wildman–Crippen MR) is 82.1 cm³/mol. The van der Waals surface area contributed by atoms with Gasteiger partial charge in [-0.1, -0.05) is 6.92 Å². The largest absolute Gasteiger partial charge is 0.494 e. The lowest BCUT2D eigenvalue weighted by Gasteiger charge is -2.10. The molecule has 0 aliphatic heterocycles. The number of hydrogen-bond acceptors (Lipinski definition) is 5. The van der Waals surface area contributed by atoms with Crippen LogP contribution in [0, 0.1) is 0 Å². The highest BCUT2D eigenvalue weighted by molar-refractivity contribution is 5.49. The highest BCUT2D eigenvalue weighted by atomic mass is 16.5. The van der Waals surface area contributed by atoms with Crippen LogP contribution in [0.4, 0.5) is 5.69 Å². The molecule has 2 aromatic rings. The number of ether oxygens (including phenoxy) is 3. The molecule has 0 spiro atoms. The number of anilines is 1. The van der Waals surface area contributed by atoms with Crippen LogP contribution in [-0.4, -0.2) is 18.2 Å². The molecule has 0 saturated carbocycles. The van der Waals surface area contributed by atoms with Gasteiger partial charge in [-0.05, 0) is 43.7 Å². The van der Waals surface area contributed by atoms with Crippen molar-refractivity contribution in [3.8, 4) is 23.3 Å². The molecule has 2 N–H and O–H groups in total. The molecule has 0 radical (unpaired) electrons. The average Bonchev–Trinajstić information content (AvgIpc) is 2.50. The van der Waals surface area contributed by atoms with Gasteiger partial charge in [-0.15, -0.1) is 0 Å². The first-order chi connectivity index (χ1) is 10.2. The van der Waals surface area contributed by atoms with Gasteiger partial charge < -0.3 is 19.9 Å². The van der Waals surface area contributed by atoms with Gasteiger partial charge in [0.15, 0.2) is 0 Å². The summed E-state index contributed by atoms with van der Waals surface area (Å²) in [6, 6.07) is 10.8. The van der Waals surface area contributed by atoms with E-state index in [1.807, 2.05) is 31.2 Å². The molecular weight excluding hydrogens is 268 g/mol. The summed E-state index contributed by atoms with van der Waals surface area (Å²) in [5.74, 6) is 2.33. The Morgan fingerprint density at radius 1 is 0.952 bits per heavy atom. The van der Waals surface area contributed by atoms with E-state index in [2.05, 4.69) is 11.9 Å². The van der Waals surface area contributed by atoms with Gasteiger partial charge >= 0.3 is 0 Å². The smallest absolute Gasteiger partial charge is 0.240 e. The van der Waals surface area contributed by atoms with Crippen LogP contribution in [0.2, 0.25) is 0 Å².